The third kappa shape index (κ3) is 3.67. The Morgan fingerprint density at radius 2 is 2.24 bits per heavy atom. The van der Waals surface area contributed by atoms with Crippen molar-refractivity contribution >= 4 is 0 Å². The predicted molar refractivity (Wildman–Crippen MR) is 71.2 cm³/mol. The smallest absolute Gasteiger partial charge is 0.0521 e. The van der Waals surface area contributed by atoms with Crippen LogP contribution in [0.25, 0.3) is 0 Å². The van der Waals surface area contributed by atoms with Crippen LogP contribution in [-0.4, -0.2) is 50.8 Å². The molecule has 3 nitrogen and oxygen atoms in total. The maximum absolute atomic E-state index is 5.64. The molecule has 2 heterocycles. The summed E-state index contributed by atoms with van der Waals surface area (Å²) in [5.74, 6) is 0.669. The summed E-state index contributed by atoms with van der Waals surface area (Å²) in [4.78, 5) is 2.65. The molecule has 0 aromatic carbocycles. The first kappa shape index (κ1) is 13.3. The average molecular weight is 240 g/mol. The van der Waals surface area contributed by atoms with E-state index in [1.165, 1.54) is 38.9 Å². The number of hydrogen-bond donors (Lipinski definition) is 1. The number of likely N-dealkylation sites (tertiary alicyclic amines) is 1. The molecule has 0 saturated carbocycles. The molecule has 2 atom stereocenters. The molecular formula is C14H28N2O. The SMILES string of the molecule is CNC1CCOCC1CN1CCCC(C)(C)C1. The van der Waals surface area contributed by atoms with E-state index in [1.54, 1.807) is 0 Å². The molecule has 2 rings (SSSR count). The second-order valence-corrected chi connectivity index (χ2v) is 6.52. The van der Waals surface area contributed by atoms with Crippen molar-refractivity contribution in [1.82, 2.24) is 10.2 Å². The molecule has 1 N–H and O–H groups in total. The molecular weight excluding hydrogens is 212 g/mol. The summed E-state index contributed by atoms with van der Waals surface area (Å²) >= 11 is 0. The summed E-state index contributed by atoms with van der Waals surface area (Å²) in [6, 6.07) is 0.647. The molecule has 3 heteroatoms. The van der Waals surface area contributed by atoms with Crippen LogP contribution >= 0.6 is 0 Å². The summed E-state index contributed by atoms with van der Waals surface area (Å²) in [5, 5.41) is 3.46. The third-order valence-corrected chi connectivity index (χ3v) is 4.32. The monoisotopic (exact) mass is 240 g/mol. The van der Waals surface area contributed by atoms with Crippen molar-refractivity contribution in [3.05, 3.63) is 0 Å². The first-order valence-electron chi connectivity index (χ1n) is 7.08. The van der Waals surface area contributed by atoms with Gasteiger partial charge in [0, 0.05) is 31.7 Å². The number of hydrogen-bond acceptors (Lipinski definition) is 3. The molecule has 0 aliphatic carbocycles. The van der Waals surface area contributed by atoms with Gasteiger partial charge in [-0.25, -0.2) is 0 Å². The van der Waals surface area contributed by atoms with Gasteiger partial charge in [0.05, 0.1) is 6.61 Å². The van der Waals surface area contributed by atoms with Gasteiger partial charge in [0.15, 0.2) is 0 Å². The highest BCUT2D eigenvalue weighted by Gasteiger charge is 2.31. The summed E-state index contributed by atoms with van der Waals surface area (Å²) in [6.45, 7) is 10.4. The lowest BCUT2D eigenvalue weighted by Crippen LogP contribution is -2.49. The van der Waals surface area contributed by atoms with E-state index in [-0.39, 0.29) is 0 Å². The zero-order chi connectivity index (χ0) is 12.3. The lowest BCUT2D eigenvalue weighted by molar-refractivity contribution is 0.00586. The minimum absolute atomic E-state index is 0.503. The van der Waals surface area contributed by atoms with E-state index in [2.05, 4.69) is 31.1 Å². The predicted octanol–water partition coefficient (Wildman–Crippen LogP) is 1.73. The standard InChI is InChI=1S/C14H28N2O/c1-14(2)6-4-7-16(11-14)9-12-10-17-8-5-13(12)15-3/h12-13,15H,4-11H2,1-3H3. The van der Waals surface area contributed by atoms with Crippen LogP contribution in [0.1, 0.15) is 33.1 Å². The van der Waals surface area contributed by atoms with E-state index < -0.39 is 0 Å². The van der Waals surface area contributed by atoms with Crippen LogP contribution < -0.4 is 5.32 Å². The van der Waals surface area contributed by atoms with Gasteiger partial charge < -0.3 is 15.0 Å². The highest BCUT2D eigenvalue weighted by molar-refractivity contribution is 4.85. The Labute approximate surface area is 106 Å². The number of nitrogens with one attached hydrogen (secondary N) is 1. The van der Waals surface area contributed by atoms with Crippen LogP contribution in [0.15, 0.2) is 0 Å². The Bertz CT molecular complexity index is 242. The van der Waals surface area contributed by atoms with Crippen LogP contribution in [0.5, 0.6) is 0 Å². The van der Waals surface area contributed by atoms with Gasteiger partial charge in [0.1, 0.15) is 0 Å². The van der Waals surface area contributed by atoms with Crippen molar-refractivity contribution in [3.63, 3.8) is 0 Å². The number of nitrogens with zero attached hydrogens (tertiary/aromatic N) is 1. The average Bonchev–Trinajstić information content (AvgIpc) is 2.28. The van der Waals surface area contributed by atoms with Crippen LogP contribution in [0, 0.1) is 11.3 Å². The minimum atomic E-state index is 0.503. The normalized spacial score (nSPS) is 34.8. The van der Waals surface area contributed by atoms with E-state index in [0.717, 1.165) is 13.2 Å². The maximum atomic E-state index is 5.64. The van der Waals surface area contributed by atoms with Crippen molar-refractivity contribution in [3.8, 4) is 0 Å². The zero-order valence-corrected chi connectivity index (χ0v) is 11.7. The Balaban J connectivity index is 1.86. The first-order chi connectivity index (χ1) is 8.11. The molecule has 2 fully saturated rings. The highest BCUT2D eigenvalue weighted by Crippen LogP contribution is 2.29. The van der Waals surface area contributed by atoms with Crippen molar-refractivity contribution in [2.24, 2.45) is 11.3 Å². The second kappa shape index (κ2) is 5.68. The first-order valence-corrected chi connectivity index (χ1v) is 7.08. The fraction of sp³-hybridized carbons (Fsp3) is 1.00. The molecule has 0 amide bonds. The summed E-state index contributed by atoms with van der Waals surface area (Å²) in [6.07, 6.45) is 3.89. The van der Waals surface area contributed by atoms with Crippen LogP contribution in [0.4, 0.5) is 0 Å². The Morgan fingerprint density at radius 3 is 2.94 bits per heavy atom. The lowest BCUT2D eigenvalue weighted by atomic mass is 9.83. The molecule has 2 saturated heterocycles. The molecule has 0 aromatic heterocycles. The molecule has 2 aliphatic rings. The van der Waals surface area contributed by atoms with Crippen LogP contribution in [-0.2, 0) is 4.74 Å². The maximum Gasteiger partial charge on any atom is 0.0521 e. The molecule has 2 aliphatic heterocycles. The molecule has 0 radical (unpaired) electrons. The second-order valence-electron chi connectivity index (χ2n) is 6.52. The van der Waals surface area contributed by atoms with Gasteiger partial charge in [-0.15, -0.1) is 0 Å². The minimum Gasteiger partial charge on any atom is -0.381 e. The van der Waals surface area contributed by atoms with Gasteiger partial charge in [-0.1, -0.05) is 13.8 Å². The van der Waals surface area contributed by atoms with Gasteiger partial charge in [-0.3, -0.25) is 0 Å². The summed E-state index contributed by atoms with van der Waals surface area (Å²) < 4.78 is 5.64. The molecule has 17 heavy (non-hydrogen) atoms. The Morgan fingerprint density at radius 1 is 1.41 bits per heavy atom. The summed E-state index contributed by atoms with van der Waals surface area (Å²) in [5.41, 5.74) is 0.503. The number of ether oxygens (including phenoxy) is 1. The molecule has 0 aromatic rings. The fourth-order valence-electron chi connectivity index (χ4n) is 3.39. The Hall–Kier alpha value is -0.120. The highest BCUT2D eigenvalue weighted by atomic mass is 16.5. The quantitative estimate of drug-likeness (QED) is 0.813. The molecule has 2 unspecified atom stereocenters. The van der Waals surface area contributed by atoms with E-state index in [1.807, 2.05) is 0 Å². The topological polar surface area (TPSA) is 24.5 Å². The van der Waals surface area contributed by atoms with Gasteiger partial charge >= 0.3 is 0 Å². The fourth-order valence-corrected chi connectivity index (χ4v) is 3.39. The number of rotatable bonds is 3. The van der Waals surface area contributed by atoms with E-state index in [9.17, 15) is 0 Å². The van der Waals surface area contributed by atoms with Gasteiger partial charge in [-0.2, -0.15) is 0 Å². The van der Waals surface area contributed by atoms with Gasteiger partial charge in [-0.05, 0) is 38.3 Å². The largest absolute Gasteiger partial charge is 0.381 e. The molecule has 100 valence electrons. The van der Waals surface area contributed by atoms with Gasteiger partial charge in [0.25, 0.3) is 0 Å². The van der Waals surface area contributed by atoms with Crippen molar-refractivity contribution in [2.45, 2.75) is 39.2 Å². The van der Waals surface area contributed by atoms with E-state index in [4.69, 9.17) is 4.74 Å². The molecule has 0 bridgehead atoms. The van der Waals surface area contributed by atoms with E-state index in [0.29, 0.717) is 17.4 Å². The number of piperidine rings is 1. The Kier molecular flexibility index (Phi) is 4.45. The lowest BCUT2D eigenvalue weighted by Gasteiger charge is -2.41. The van der Waals surface area contributed by atoms with Crippen molar-refractivity contribution in [1.29, 1.82) is 0 Å². The summed E-state index contributed by atoms with van der Waals surface area (Å²) in [7, 11) is 2.09. The van der Waals surface area contributed by atoms with Crippen molar-refractivity contribution in [2.75, 3.05) is 39.9 Å². The molecule has 0 spiro atoms. The van der Waals surface area contributed by atoms with Gasteiger partial charge in [0.2, 0.25) is 0 Å². The third-order valence-electron chi connectivity index (χ3n) is 4.32. The van der Waals surface area contributed by atoms with Crippen LogP contribution in [0.2, 0.25) is 0 Å². The zero-order valence-electron chi connectivity index (χ0n) is 11.7. The van der Waals surface area contributed by atoms with E-state index >= 15 is 0 Å². The van der Waals surface area contributed by atoms with Crippen LogP contribution in [0.3, 0.4) is 0 Å². The van der Waals surface area contributed by atoms with Crippen molar-refractivity contribution < 1.29 is 4.74 Å².